The van der Waals surface area contributed by atoms with E-state index in [0.717, 1.165) is 25.9 Å². The van der Waals surface area contributed by atoms with Crippen LogP contribution in [0.25, 0.3) is 0 Å². The summed E-state index contributed by atoms with van der Waals surface area (Å²) in [7, 11) is -0.788. The Balaban J connectivity index is 2.84. The molecule has 0 aromatic rings. The van der Waals surface area contributed by atoms with Crippen molar-refractivity contribution in [2.24, 2.45) is 0 Å². The number of hydrogen-bond donors (Lipinski definition) is 0. The maximum absolute atomic E-state index is 11.8. The Labute approximate surface area is 165 Å². The number of ether oxygens (including phenoxy) is 4. The van der Waals surface area contributed by atoms with Gasteiger partial charge < -0.3 is 23.4 Å². The summed E-state index contributed by atoms with van der Waals surface area (Å²) in [6, 6.07) is 0. The van der Waals surface area contributed by atoms with Gasteiger partial charge >= 0.3 is 6.16 Å². The fraction of sp³-hybridized carbons (Fsp3) is 0.850. The highest BCUT2D eigenvalue weighted by atomic mass is 28.4. The summed E-state index contributed by atoms with van der Waals surface area (Å²) in [6.45, 7) is 15.3. The van der Waals surface area contributed by atoms with Gasteiger partial charge in [-0.05, 0) is 51.2 Å². The Hall–Kier alpha value is -1.07. The maximum atomic E-state index is 11.8. The van der Waals surface area contributed by atoms with Gasteiger partial charge in [-0.15, -0.1) is 0 Å². The fourth-order valence-electron chi connectivity index (χ4n) is 2.34. The van der Waals surface area contributed by atoms with Crippen LogP contribution in [0.15, 0.2) is 0 Å². The van der Waals surface area contributed by atoms with E-state index in [-0.39, 0.29) is 17.9 Å². The number of hydrogen-bond acceptors (Lipinski definition) is 6. The molecule has 0 aromatic carbocycles. The molecular formula is C20H36O6Si. The molecule has 0 amide bonds. The molecule has 0 bridgehead atoms. The SMILES string of the molecule is COC(=O)OC(C)(C#CCOC1CCCCO1)C(C)O[Si](C)(C)C(C)(C)C. The number of carbonyl (C=O) groups excluding carboxylic acids is 1. The van der Waals surface area contributed by atoms with E-state index in [9.17, 15) is 4.79 Å². The molecule has 6 nitrogen and oxygen atoms in total. The summed E-state index contributed by atoms with van der Waals surface area (Å²) >= 11 is 0. The zero-order valence-electron chi connectivity index (χ0n) is 18.1. The first kappa shape index (κ1) is 24.0. The molecule has 0 radical (unpaired) electrons. The first-order chi connectivity index (χ1) is 12.4. The lowest BCUT2D eigenvalue weighted by atomic mass is 10.0. The molecule has 1 rings (SSSR count). The molecule has 1 aliphatic rings. The molecule has 0 aromatic heterocycles. The van der Waals surface area contributed by atoms with Gasteiger partial charge in [0.15, 0.2) is 20.2 Å². The van der Waals surface area contributed by atoms with E-state index in [2.05, 4.69) is 50.4 Å². The van der Waals surface area contributed by atoms with Gasteiger partial charge in [0.2, 0.25) is 0 Å². The average Bonchev–Trinajstić information content (AvgIpc) is 2.58. The number of rotatable bonds is 6. The van der Waals surface area contributed by atoms with Crippen LogP contribution >= 0.6 is 0 Å². The molecule has 1 fully saturated rings. The second-order valence-corrected chi connectivity index (χ2v) is 13.3. The highest BCUT2D eigenvalue weighted by molar-refractivity contribution is 6.74. The lowest BCUT2D eigenvalue weighted by Crippen LogP contribution is -2.51. The predicted octanol–water partition coefficient (Wildman–Crippen LogP) is 4.49. The Morgan fingerprint density at radius 1 is 1.26 bits per heavy atom. The smallest absolute Gasteiger partial charge is 0.438 e. The lowest BCUT2D eigenvalue weighted by molar-refractivity contribution is -0.154. The lowest BCUT2D eigenvalue weighted by Gasteiger charge is -2.41. The standard InChI is InChI=1S/C20H36O6Si/c1-16(26-27(7,8)19(2,3)4)20(5,25-18(21)22-6)13-11-15-24-17-12-9-10-14-23-17/h16-17H,9-10,12,14-15H2,1-8H3. The van der Waals surface area contributed by atoms with E-state index in [4.69, 9.17) is 18.6 Å². The summed E-state index contributed by atoms with van der Waals surface area (Å²) in [6.07, 6.45) is 1.63. The molecule has 3 unspecified atom stereocenters. The Kier molecular flexibility index (Phi) is 8.81. The van der Waals surface area contributed by atoms with Crippen molar-refractivity contribution in [1.82, 2.24) is 0 Å². The van der Waals surface area contributed by atoms with E-state index in [1.807, 2.05) is 6.92 Å². The summed E-state index contributed by atoms with van der Waals surface area (Å²) < 4.78 is 27.7. The van der Waals surface area contributed by atoms with Crippen LogP contribution in [0, 0.1) is 11.8 Å². The van der Waals surface area contributed by atoms with E-state index in [1.54, 1.807) is 6.92 Å². The zero-order chi connectivity index (χ0) is 20.7. The van der Waals surface area contributed by atoms with Gasteiger partial charge in [-0.3, -0.25) is 0 Å². The van der Waals surface area contributed by atoms with Crippen LogP contribution in [0.2, 0.25) is 18.1 Å². The third-order valence-electron chi connectivity index (χ3n) is 5.33. The molecule has 0 aliphatic carbocycles. The Morgan fingerprint density at radius 3 is 2.44 bits per heavy atom. The molecule has 7 heteroatoms. The monoisotopic (exact) mass is 400 g/mol. The van der Waals surface area contributed by atoms with Gasteiger partial charge in [-0.2, -0.15) is 0 Å². The van der Waals surface area contributed by atoms with Crippen LogP contribution in [0.3, 0.4) is 0 Å². The molecule has 0 saturated carbocycles. The molecule has 0 spiro atoms. The van der Waals surface area contributed by atoms with Gasteiger partial charge in [-0.25, -0.2) is 4.79 Å². The highest BCUT2D eigenvalue weighted by Crippen LogP contribution is 2.38. The number of carbonyl (C=O) groups is 1. The van der Waals surface area contributed by atoms with Crippen molar-refractivity contribution in [2.45, 2.75) is 90.0 Å². The van der Waals surface area contributed by atoms with Crippen molar-refractivity contribution < 1.29 is 28.2 Å². The average molecular weight is 401 g/mol. The number of methoxy groups -OCH3 is 1. The Bertz CT molecular complexity index is 539. The van der Waals surface area contributed by atoms with Crippen LogP contribution in [-0.4, -0.2) is 52.8 Å². The van der Waals surface area contributed by atoms with Gasteiger partial charge in [0, 0.05) is 6.61 Å². The first-order valence-electron chi connectivity index (χ1n) is 9.59. The van der Waals surface area contributed by atoms with Crippen molar-refractivity contribution in [3.8, 4) is 11.8 Å². The van der Waals surface area contributed by atoms with Crippen molar-refractivity contribution in [2.75, 3.05) is 20.3 Å². The van der Waals surface area contributed by atoms with E-state index < -0.39 is 26.2 Å². The molecule has 1 saturated heterocycles. The molecule has 3 atom stereocenters. The minimum atomic E-state index is -2.06. The summed E-state index contributed by atoms with van der Waals surface area (Å²) in [5.41, 5.74) is -1.14. The second kappa shape index (κ2) is 9.92. The minimum Gasteiger partial charge on any atom is -0.438 e. The van der Waals surface area contributed by atoms with E-state index in [0.29, 0.717) is 0 Å². The quantitative estimate of drug-likeness (QED) is 0.372. The second-order valence-electron chi connectivity index (χ2n) is 8.59. The molecule has 27 heavy (non-hydrogen) atoms. The van der Waals surface area contributed by atoms with Crippen LogP contribution < -0.4 is 0 Å². The normalized spacial score (nSPS) is 21.4. The van der Waals surface area contributed by atoms with Crippen LogP contribution in [0.4, 0.5) is 4.79 Å². The summed E-state index contributed by atoms with van der Waals surface area (Å²) in [5.74, 6) is 5.98. The third-order valence-corrected chi connectivity index (χ3v) is 9.89. The minimum absolute atomic E-state index is 0.0301. The van der Waals surface area contributed by atoms with Crippen LogP contribution in [-0.2, 0) is 23.4 Å². The topological polar surface area (TPSA) is 63.2 Å². The van der Waals surface area contributed by atoms with Crippen molar-refractivity contribution in [1.29, 1.82) is 0 Å². The van der Waals surface area contributed by atoms with Gasteiger partial charge in [-0.1, -0.05) is 32.6 Å². The largest absolute Gasteiger partial charge is 0.509 e. The molecule has 156 valence electrons. The third kappa shape index (κ3) is 7.45. The molecular weight excluding hydrogens is 364 g/mol. The van der Waals surface area contributed by atoms with Gasteiger partial charge in [0.05, 0.1) is 13.2 Å². The van der Waals surface area contributed by atoms with Crippen molar-refractivity contribution in [3.05, 3.63) is 0 Å². The first-order valence-corrected chi connectivity index (χ1v) is 12.5. The van der Waals surface area contributed by atoms with Gasteiger partial charge in [0.1, 0.15) is 6.61 Å². The van der Waals surface area contributed by atoms with Crippen molar-refractivity contribution in [3.63, 3.8) is 0 Å². The summed E-state index contributed by atoms with van der Waals surface area (Å²) in [4.78, 5) is 11.8. The zero-order valence-corrected chi connectivity index (χ0v) is 19.1. The van der Waals surface area contributed by atoms with E-state index in [1.165, 1.54) is 7.11 Å². The van der Waals surface area contributed by atoms with Crippen LogP contribution in [0.5, 0.6) is 0 Å². The van der Waals surface area contributed by atoms with E-state index >= 15 is 0 Å². The van der Waals surface area contributed by atoms with Crippen LogP contribution in [0.1, 0.15) is 53.9 Å². The highest BCUT2D eigenvalue weighted by Gasteiger charge is 2.44. The fourth-order valence-corrected chi connectivity index (χ4v) is 3.81. The molecule has 1 aliphatic heterocycles. The molecule has 1 heterocycles. The maximum Gasteiger partial charge on any atom is 0.509 e. The summed E-state index contributed by atoms with van der Waals surface area (Å²) in [5, 5.41) is 0.0301. The van der Waals surface area contributed by atoms with Crippen molar-refractivity contribution >= 4 is 14.5 Å². The Morgan fingerprint density at radius 2 is 1.93 bits per heavy atom. The predicted molar refractivity (Wildman–Crippen MR) is 107 cm³/mol. The van der Waals surface area contributed by atoms with Gasteiger partial charge in [0.25, 0.3) is 0 Å². The molecule has 0 N–H and O–H groups in total.